The zero-order valence-corrected chi connectivity index (χ0v) is 13.2. The number of nitrogens with zero attached hydrogens (tertiary/aromatic N) is 1. The highest BCUT2D eigenvalue weighted by Crippen LogP contribution is 2.27. The van der Waals surface area contributed by atoms with Gasteiger partial charge in [0.1, 0.15) is 5.58 Å². The Morgan fingerprint density at radius 1 is 1.35 bits per heavy atom. The first-order valence-corrected chi connectivity index (χ1v) is 7.56. The Labute approximate surface area is 133 Å². The van der Waals surface area contributed by atoms with Gasteiger partial charge in [0.15, 0.2) is 6.10 Å². The lowest BCUT2D eigenvalue weighted by atomic mass is 10.0. The molecule has 0 bridgehead atoms. The zero-order chi connectivity index (χ0) is 16.6. The Kier molecular flexibility index (Phi) is 4.09. The van der Waals surface area contributed by atoms with Gasteiger partial charge in [-0.05, 0) is 25.0 Å². The number of ether oxygens (including phenoxy) is 1. The molecule has 0 aliphatic carbocycles. The van der Waals surface area contributed by atoms with E-state index in [1.54, 1.807) is 11.2 Å². The molecule has 2 heterocycles. The summed E-state index contributed by atoms with van der Waals surface area (Å²) >= 11 is 0. The predicted molar refractivity (Wildman–Crippen MR) is 83.3 cm³/mol. The van der Waals surface area contributed by atoms with Crippen molar-refractivity contribution < 1.29 is 23.8 Å². The first kappa shape index (κ1) is 15.6. The molecule has 122 valence electrons. The highest BCUT2D eigenvalue weighted by Gasteiger charge is 2.29. The van der Waals surface area contributed by atoms with Crippen molar-refractivity contribution in [3.05, 3.63) is 35.1 Å². The highest BCUT2D eigenvalue weighted by molar-refractivity contribution is 5.90. The lowest BCUT2D eigenvalue weighted by Crippen LogP contribution is -2.49. The van der Waals surface area contributed by atoms with Gasteiger partial charge in [0.05, 0.1) is 25.8 Å². The van der Waals surface area contributed by atoms with Crippen LogP contribution in [0.4, 0.5) is 0 Å². The van der Waals surface area contributed by atoms with Crippen molar-refractivity contribution in [2.24, 2.45) is 0 Å². The van der Waals surface area contributed by atoms with Crippen molar-refractivity contribution in [2.75, 3.05) is 19.7 Å². The van der Waals surface area contributed by atoms with Crippen molar-refractivity contribution in [3.8, 4) is 0 Å². The lowest BCUT2D eigenvalue weighted by molar-refractivity contribution is -0.159. The Balaban J connectivity index is 1.78. The number of amides is 1. The van der Waals surface area contributed by atoms with E-state index >= 15 is 0 Å². The third-order valence-electron chi connectivity index (χ3n) is 4.38. The molecule has 0 radical (unpaired) electrons. The van der Waals surface area contributed by atoms with Crippen LogP contribution in [-0.4, -0.2) is 47.7 Å². The maximum absolute atomic E-state index is 12.5. The summed E-state index contributed by atoms with van der Waals surface area (Å²) in [6.07, 6.45) is 0.866. The van der Waals surface area contributed by atoms with Crippen LogP contribution in [0.1, 0.15) is 16.7 Å². The van der Waals surface area contributed by atoms with E-state index in [4.69, 9.17) is 14.3 Å². The molecule has 3 rings (SSSR count). The standard InChI is InChI=1S/C17H19NO5/c1-10-3-4-13-12(9-23-16(13)11(10)2)7-15(19)18-5-6-22-14(8-18)17(20)21/h3-4,9,14H,5-8H2,1-2H3,(H,20,21). The van der Waals surface area contributed by atoms with Gasteiger partial charge in [-0.2, -0.15) is 0 Å². The summed E-state index contributed by atoms with van der Waals surface area (Å²) in [7, 11) is 0. The summed E-state index contributed by atoms with van der Waals surface area (Å²) in [5.74, 6) is -1.15. The van der Waals surface area contributed by atoms with Crippen molar-refractivity contribution in [1.29, 1.82) is 0 Å². The molecular weight excluding hydrogens is 298 g/mol. The number of furan rings is 1. The first-order valence-electron chi connectivity index (χ1n) is 7.56. The summed E-state index contributed by atoms with van der Waals surface area (Å²) < 4.78 is 10.8. The number of hydrogen-bond acceptors (Lipinski definition) is 4. The van der Waals surface area contributed by atoms with E-state index in [2.05, 4.69) is 0 Å². The van der Waals surface area contributed by atoms with Crippen LogP contribution in [0, 0.1) is 13.8 Å². The number of hydrogen-bond donors (Lipinski definition) is 1. The highest BCUT2D eigenvalue weighted by atomic mass is 16.5. The molecule has 1 amide bonds. The monoisotopic (exact) mass is 317 g/mol. The number of carboxylic acids is 1. The number of fused-ring (bicyclic) bond motifs is 1. The number of morpholine rings is 1. The number of carboxylic acid groups (broad SMARTS) is 1. The summed E-state index contributed by atoms with van der Waals surface area (Å²) in [5, 5.41) is 9.95. The first-order chi connectivity index (χ1) is 11.0. The van der Waals surface area contributed by atoms with Crippen LogP contribution in [0.15, 0.2) is 22.8 Å². The Morgan fingerprint density at radius 3 is 2.87 bits per heavy atom. The van der Waals surface area contributed by atoms with E-state index in [0.717, 1.165) is 27.7 Å². The normalized spacial score (nSPS) is 18.3. The van der Waals surface area contributed by atoms with Gasteiger partial charge in [0, 0.05) is 17.5 Å². The lowest BCUT2D eigenvalue weighted by Gasteiger charge is -2.30. The van der Waals surface area contributed by atoms with Gasteiger partial charge < -0.3 is 19.2 Å². The Bertz CT molecular complexity index is 764. The quantitative estimate of drug-likeness (QED) is 0.935. The Morgan fingerprint density at radius 2 is 2.13 bits per heavy atom. The number of carbonyl (C=O) groups is 2. The number of aliphatic carboxylic acids is 1. The van der Waals surface area contributed by atoms with E-state index in [1.807, 2.05) is 26.0 Å². The average Bonchev–Trinajstić information content (AvgIpc) is 2.94. The average molecular weight is 317 g/mol. The molecule has 6 nitrogen and oxygen atoms in total. The molecule has 1 aliphatic rings. The van der Waals surface area contributed by atoms with Gasteiger partial charge in [0.2, 0.25) is 5.91 Å². The van der Waals surface area contributed by atoms with Crippen LogP contribution < -0.4 is 0 Å². The third kappa shape index (κ3) is 2.94. The fourth-order valence-electron chi connectivity index (χ4n) is 2.83. The Hall–Kier alpha value is -2.34. The van der Waals surface area contributed by atoms with E-state index < -0.39 is 12.1 Å². The molecule has 0 saturated carbocycles. The van der Waals surface area contributed by atoms with Crippen LogP contribution >= 0.6 is 0 Å². The molecule has 1 aromatic carbocycles. The van der Waals surface area contributed by atoms with Gasteiger partial charge in [-0.3, -0.25) is 4.79 Å². The van der Waals surface area contributed by atoms with Crippen molar-refractivity contribution in [2.45, 2.75) is 26.4 Å². The van der Waals surface area contributed by atoms with E-state index in [9.17, 15) is 9.59 Å². The summed E-state index contributed by atoms with van der Waals surface area (Å²) in [4.78, 5) is 25.0. The fraction of sp³-hybridized carbons (Fsp3) is 0.412. The van der Waals surface area contributed by atoms with Crippen LogP contribution in [0.3, 0.4) is 0 Å². The zero-order valence-electron chi connectivity index (χ0n) is 13.2. The molecule has 1 aliphatic heterocycles. The number of benzene rings is 1. The second kappa shape index (κ2) is 6.04. The summed E-state index contributed by atoms with van der Waals surface area (Å²) in [6, 6.07) is 3.97. The van der Waals surface area contributed by atoms with Crippen molar-refractivity contribution in [3.63, 3.8) is 0 Å². The van der Waals surface area contributed by atoms with Gasteiger partial charge in [-0.15, -0.1) is 0 Å². The fourth-order valence-corrected chi connectivity index (χ4v) is 2.83. The molecule has 1 N–H and O–H groups in total. The molecular formula is C17H19NO5. The minimum atomic E-state index is -1.04. The van der Waals surface area contributed by atoms with E-state index in [0.29, 0.717) is 6.54 Å². The van der Waals surface area contributed by atoms with Gasteiger partial charge >= 0.3 is 5.97 Å². The van der Waals surface area contributed by atoms with Crippen molar-refractivity contribution in [1.82, 2.24) is 4.90 Å². The number of rotatable bonds is 3. The molecule has 1 fully saturated rings. The second-order valence-electron chi connectivity index (χ2n) is 5.86. The van der Waals surface area contributed by atoms with Gasteiger partial charge in [0.25, 0.3) is 0 Å². The molecule has 1 aromatic heterocycles. The molecule has 23 heavy (non-hydrogen) atoms. The van der Waals surface area contributed by atoms with E-state index in [1.165, 1.54) is 0 Å². The minimum absolute atomic E-state index is 0.0854. The van der Waals surface area contributed by atoms with Gasteiger partial charge in [-0.25, -0.2) is 4.79 Å². The van der Waals surface area contributed by atoms with E-state index in [-0.39, 0.29) is 25.5 Å². The largest absolute Gasteiger partial charge is 0.479 e. The maximum Gasteiger partial charge on any atom is 0.334 e. The second-order valence-corrected chi connectivity index (χ2v) is 5.86. The smallest absolute Gasteiger partial charge is 0.334 e. The SMILES string of the molecule is Cc1ccc2c(CC(=O)N3CCOC(C(=O)O)C3)coc2c1C. The molecule has 1 saturated heterocycles. The number of carbonyl (C=O) groups excluding carboxylic acids is 1. The molecule has 6 heteroatoms. The van der Waals surface area contributed by atoms with Crippen molar-refractivity contribution >= 4 is 22.8 Å². The van der Waals surface area contributed by atoms with Gasteiger partial charge in [-0.1, -0.05) is 12.1 Å². The molecule has 2 aromatic rings. The third-order valence-corrected chi connectivity index (χ3v) is 4.38. The van der Waals surface area contributed by atoms with Crippen LogP contribution in [0.5, 0.6) is 0 Å². The molecule has 1 atom stereocenters. The van der Waals surface area contributed by atoms with Crippen LogP contribution in [0.2, 0.25) is 0 Å². The number of aryl methyl sites for hydroxylation is 2. The molecule has 0 spiro atoms. The topological polar surface area (TPSA) is 80.0 Å². The van der Waals surface area contributed by atoms with Crippen LogP contribution in [0.25, 0.3) is 11.0 Å². The predicted octanol–water partition coefficient (Wildman–Crippen LogP) is 1.90. The summed E-state index contributed by atoms with van der Waals surface area (Å²) in [5.41, 5.74) is 3.84. The minimum Gasteiger partial charge on any atom is -0.479 e. The maximum atomic E-state index is 12.5. The molecule has 1 unspecified atom stereocenters. The van der Waals surface area contributed by atoms with Crippen LogP contribution in [-0.2, 0) is 20.7 Å². The summed E-state index contributed by atoms with van der Waals surface area (Å²) in [6.45, 7) is 4.75.